The number of carbonyl (C=O) groups excluding carboxylic acids is 2. The first kappa shape index (κ1) is 28.2. The summed E-state index contributed by atoms with van der Waals surface area (Å²) in [4.78, 5) is 32.8. The minimum absolute atomic E-state index is 0.0324. The molecule has 1 aromatic carbocycles. The lowest BCUT2D eigenvalue weighted by Gasteiger charge is -2.18. The van der Waals surface area contributed by atoms with E-state index in [0.717, 1.165) is 6.20 Å². The molecule has 0 aliphatic heterocycles. The molecule has 0 radical (unpaired) electrons. The van der Waals surface area contributed by atoms with E-state index in [0.29, 0.717) is 30.7 Å². The van der Waals surface area contributed by atoms with Gasteiger partial charge in [-0.2, -0.15) is 26.3 Å². The van der Waals surface area contributed by atoms with Crippen LogP contribution in [0.15, 0.2) is 66.1 Å². The summed E-state index contributed by atoms with van der Waals surface area (Å²) in [5.74, 6) is -1.06. The van der Waals surface area contributed by atoms with Gasteiger partial charge in [-0.05, 0) is 43.2 Å². The topological polar surface area (TPSA) is 121 Å². The van der Waals surface area contributed by atoms with Crippen molar-refractivity contribution in [2.45, 2.75) is 37.3 Å². The third-order valence-corrected chi connectivity index (χ3v) is 5.48. The van der Waals surface area contributed by atoms with Crippen LogP contribution in [-0.4, -0.2) is 28.6 Å². The number of benzene rings is 1. The Kier molecular flexibility index (Phi) is 8.13. The number of halogens is 6. The smallest absolute Gasteiger partial charge is 0.404 e. The van der Waals surface area contributed by atoms with Crippen LogP contribution in [0.1, 0.15) is 29.7 Å². The molecule has 0 atom stereocenters. The molecule has 0 saturated heterocycles. The lowest BCUT2D eigenvalue weighted by Crippen LogP contribution is -2.49. The molecule has 3 rings (SSSR count). The van der Waals surface area contributed by atoms with Crippen molar-refractivity contribution in [1.82, 2.24) is 15.6 Å². The van der Waals surface area contributed by atoms with E-state index < -0.39 is 46.5 Å². The van der Waals surface area contributed by atoms with Crippen LogP contribution in [0.4, 0.5) is 37.7 Å². The van der Waals surface area contributed by atoms with Crippen molar-refractivity contribution in [2.75, 3.05) is 5.32 Å². The summed E-state index contributed by atoms with van der Waals surface area (Å²) in [6.45, 7) is 3.34. The van der Waals surface area contributed by atoms with Crippen molar-refractivity contribution in [2.24, 2.45) is 10.7 Å². The monoisotopic (exact) mass is 540 g/mol. The minimum Gasteiger partial charge on any atom is -0.404 e. The van der Waals surface area contributed by atoms with E-state index in [1.807, 2.05) is 0 Å². The molecular formula is C24H22F6N6O2. The number of pyridine rings is 1. The van der Waals surface area contributed by atoms with Gasteiger partial charge in [-0.1, -0.05) is 6.58 Å². The lowest BCUT2D eigenvalue weighted by molar-refractivity contribution is -0.142. The Labute approximate surface area is 212 Å². The number of nitrogens with zero attached hydrogens (tertiary/aromatic N) is 2. The number of hydrogen-bond acceptors (Lipinski definition) is 6. The fourth-order valence-electron chi connectivity index (χ4n) is 3.30. The molecule has 0 spiro atoms. The van der Waals surface area contributed by atoms with Crippen LogP contribution >= 0.6 is 0 Å². The van der Waals surface area contributed by atoms with Gasteiger partial charge in [-0.15, -0.1) is 0 Å². The fraction of sp³-hybridized carbons (Fsp3) is 0.250. The molecule has 14 heteroatoms. The summed E-state index contributed by atoms with van der Waals surface area (Å²) < 4.78 is 78.6. The number of nitrogens with one attached hydrogen (secondary N) is 3. The van der Waals surface area contributed by atoms with Gasteiger partial charge in [0, 0.05) is 18.6 Å². The highest BCUT2D eigenvalue weighted by Gasteiger charge is 2.51. The zero-order chi connectivity index (χ0) is 28.1. The predicted octanol–water partition coefficient (Wildman–Crippen LogP) is 4.18. The number of nitrogens with two attached hydrogens (primary N) is 1. The number of aromatic nitrogens is 1. The molecule has 38 heavy (non-hydrogen) atoms. The number of aliphatic imine (C=N–C) groups is 1. The Hall–Kier alpha value is -4.36. The molecule has 2 amide bonds. The third kappa shape index (κ3) is 6.89. The van der Waals surface area contributed by atoms with Crippen LogP contribution in [-0.2, 0) is 28.5 Å². The highest BCUT2D eigenvalue weighted by Crippen LogP contribution is 2.40. The van der Waals surface area contributed by atoms with E-state index >= 15 is 0 Å². The van der Waals surface area contributed by atoms with Gasteiger partial charge in [0.1, 0.15) is 5.54 Å². The van der Waals surface area contributed by atoms with E-state index in [2.05, 4.69) is 32.5 Å². The molecule has 8 nitrogen and oxygen atoms in total. The second-order valence-electron chi connectivity index (χ2n) is 8.22. The summed E-state index contributed by atoms with van der Waals surface area (Å²) >= 11 is 0. The highest BCUT2D eigenvalue weighted by atomic mass is 19.4. The van der Waals surface area contributed by atoms with E-state index in [9.17, 15) is 35.9 Å². The molecule has 1 aliphatic rings. The quantitative estimate of drug-likeness (QED) is 0.216. The van der Waals surface area contributed by atoms with Gasteiger partial charge in [-0.25, -0.2) is 0 Å². The number of hydrogen-bond donors (Lipinski definition) is 4. The number of carbonyl (C=O) groups is 2. The number of rotatable bonds is 9. The Morgan fingerprint density at radius 3 is 2.34 bits per heavy atom. The van der Waals surface area contributed by atoms with E-state index in [1.54, 1.807) is 0 Å². The SMILES string of the molecule is C=C/N=C\C(=C/N)C(=O)NC1(C(=O)NCc2ccc(Nc3ccc(C(F)(F)F)cc3C(F)(F)F)cn2)CC1. The van der Waals surface area contributed by atoms with Gasteiger partial charge in [0.25, 0.3) is 5.91 Å². The number of alkyl halides is 6. The zero-order valence-electron chi connectivity index (χ0n) is 19.6. The summed E-state index contributed by atoms with van der Waals surface area (Å²) in [5.41, 5.74) is 1.27. The highest BCUT2D eigenvalue weighted by molar-refractivity contribution is 6.13. The van der Waals surface area contributed by atoms with Crippen LogP contribution in [0.2, 0.25) is 0 Å². The predicted molar refractivity (Wildman–Crippen MR) is 127 cm³/mol. The van der Waals surface area contributed by atoms with E-state index in [1.165, 1.54) is 30.7 Å². The third-order valence-electron chi connectivity index (χ3n) is 5.48. The molecule has 1 aromatic heterocycles. The first-order valence-corrected chi connectivity index (χ1v) is 11.0. The van der Waals surface area contributed by atoms with Crippen molar-refractivity contribution in [1.29, 1.82) is 0 Å². The largest absolute Gasteiger partial charge is 0.418 e. The van der Waals surface area contributed by atoms with E-state index in [4.69, 9.17) is 5.73 Å². The van der Waals surface area contributed by atoms with Gasteiger partial charge in [-0.3, -0.25) is 19.6 Å². The average molecular weight is 540 g/mol. The number of anilines is 2. The van der Waals surface area contributed by atoms with Crippen LogP contribution in [0.25, 0.3) is 0 Å². The molecule has 0 unspecified atom stereocenters. The van der Waals surface area contributed by atoms with Crippen LogP contribution < -0.4 is 21.7 Å². The molecule has 1 fully saturated rings. The summed E-state index contributed by atoms with van der Waals surface area (Å²) in [6, 6.07) is 4.04. The zero-order valence-corrected chi connectivity index (χ0v) is 19.6. The van der Waals surface area contributed by atoms with Crippen LogP contribution in [0.5, 0.6) is 0 Å². The fourth-order valence-corrected chi connectivity index (χ4v) is 3.30. The summed E-state index contributed by atoms with van der Waals surface area (Å²) in [6.07, 6.45) is -4.56. The Morgan fingerprint density at radius 2 is 1.82 bits per heavy atom. The van der Waals surface area contributed by atoms with Crippen LogP contribution in [0, 0.1) is 0 Å². The molecule has 1 saturated carbocycles. The van der Waals surface area contributed by atoms with Crippen molar-refractivity contribution < 1.29 is 35.9 Å². The van der Waals surface area contributed by atoms with Crippen LogP contribution in [0.3, 0.4) is 0 Å². The molecular weight excluding hydrogens is 518 g/mol. The Bertz CT molecular complexity index is 1260. The van der Waals surface area contributed by atoms with Crippen molar-refractivity contribution in [3.63, 3.8) is 0 Å². The first-order valence-electron chi connectivity index (χ1n) is 11.0. The standard InChI is InChI=1S/C24H22F6N6O2/c1-2-32-11-14(10-31)20(37)36-22(7-8-22)21(38)34-12-16-4-5-17(13-33-16)35-19-6-3-15(23(25,26)27)9-18(19)24(28,29)30/h2-6,9-11,13,35H,1,7-8,12,31H2,(H,34,38)(H,36,37)/b14-10+,32-11-. The first-order chi connectivity index (χ1) is 17.8. The van der Waals surface area contributed by atoms with Gasteiger partial charge in [0.2, 0.25) is 5.91 Å². The normalized spacial score (nSPS) is 15.2. The maximum absolute atomic E-state index is 13.4. The molecule has 2 aromatic rings. The number of amides is 2. The second-order valence-corrected chi connectivity index (χ2v) is 8.22. The molecule has 1 aliphatic carbocycles. The molecule has 5 N–H and O–H groups in total. The summed E-state index contributed by atoms with van der Waals surface area (Å²) in [7, 11) is 0. The maximum atomic E-state index is 13.4. The maximum Gasteiger partial charge on any atom is 0.418 e. The summed E-state index contributed by atoms with van der Waals surface area (Å²) in [5, 5.41) is 7.67. The Morgan fingerprint density at radius 1 is 1.11 bits per heavy atom. The molecule has 0 bridgehead atoms. The van der Waals surface area contributed by atoms with Gasteiger partial charge >= 0.3 is 12.4 Å². The van der Waals surface area contributed by atoms with Gasteiger partial charge < -0.3 is 21.7 Å². The minimum atomic E-state index is -5.03. The van der Waals surface area contributed by atoms with Gasteiger partial charge in [0.05, 0.1) is 46.5 Å². The molecule has 1 heterocycles. The van der Waals surface area contributed by atoms with Crippen molar-refractivity contribution in [3.8, 4) is 0 Å². The molecule has 202 valence electrons. The van der Waals surface area contributed by atoms with Crippen molar-refractivity contribution >= 4 is 29.4 Å². The second kappa shape index (κ2) is 10.9. The van der Waals surface area contributed by atoms with Crippen molar-refractivity contribution in [3.05, 3.63) is 77.9 Å². The van der Waals surface area contributed by atoms with E-state index in [-0.39, 0.29) is 23.9 Å². The Balaban J connectivity index is 1.63. The van der Waals surface area contributed by atoms with Gasteiger partial charge in [0.15, 0.2) is 0 Å². The average Bonchev–Trinajstić information content (AvgIpc) is 3.63. The lowest BCUT2D eigenvalue weighted by atomic mass is 10.1.